The van der Waals surface area contributed by atoms with Gasteiger partial charge >= 0.3 is 0 Å². The maximum atomic E-state index is 11.6. The number of sulfonamides is 1. The molecule has 0 aromatic rings. The Labute approximate surface area is 96.6 Å². The maximum absolute atomic E-state index is 11.6. The van der Waals surface area contributed by atoms with Gasteiger partial charge in [0.1, 0.15) is 0 Å². The molecule has 0 radical (unpaired) electrons. The van der Waals surface area contributed by atoms with Gasteiger partial charge in [-0.3, -0.25) is 4.79 Å². The molecular weight excluding hydrogens is 230 g/mol. The van der Waals surface area contributed by atoms with Gasteiger partial charge in [0.15, 0.2) is 0 Å². The van der Waals surface area contributed by atoms with Crippen LogP contribution in [0.5, 0.6) is 0 Å². The Hall–Kier alpha value is -0.660. The minimum atomic E-state index is -3.11. The number of piperazine rings is 1. The third-order valence-electron chi connectivity index (χ3n) is 2.65. The summed E-state index contributed by atoms with van der Waals surface area (Å²) >= 11 is 0. The monoisotopic (exact) mass is 249 g/mol. The van der Waals surface area contributed by atoms with E-state index in [1.165, 1.54) is 10.6 Å². The van der Waals surface area contributed by atoms with Gasteiger partial charge in [-0.05, 0) is 7.05 Å². The molecule has 1 heterocycles. The van der Waals surface area contributed by atoms with Crippen molar-refractivity contribution in [1.29, 1.82) is 0 Å². The Morgan fingerprint density at radius 3 is 2.25 bits per heavy atom. The van der Waals surface area contributed by atoms with Gasteiger partial charge < -0.3 is 10.2 Å². The average Bonchev–Trinajstić information content (AvgIpc) is 2.25. The molecule has 7 heteroatoms. The molecule has 0 unspecified atom stereocenters. The minimum absolute atomic E-state index is 0.0856. The molecule has 1 saturated heterocycles. The molecule has 0 aromatic heterocycles. The SMILES string of the molecule is CNCCC(=O)N1CCN(S(C)(=O)=O)CC1. The molecule has 0 saturated carbocycles. The van der Waals surface area contributed by atoms with Crippen molar-refractivity contribution in [2.24, 2.45) is 0 Å². The van der Waals surface area contributed by atoms with Gasteiger partial charge in [0.25, 0.3) is 0 Å². The fourth-order valence-corrected chi connectivity index (χ4v) is 2.49. The Kier molecular flexibility index (Phi) is 4.69. The van der Waals surface area contributed by atoms with E-state index >= 15 is 0 Å². The molecule has 1 fully saturated rings. The standard InChI is InChI=1S/C9H19N3O3S/c1-10-4-3-9(13)11-5-7-12(8-6-11)16(2,14)15/h10H,3-8H2,1-2H3. The van der Waals surface area contributed by atoms with Crippen molar-refractivity contribution in [3.63, 3.8) is 0 Å². The molecule has 0 spiro atoms. The summed E-state index contributed by atoms with van der Waals surface area (Å²) in [5.74, 6) is 0.0856. The van der Waals surface area contributed by atoms with Crippen LogP contribution in [0, 0.1) is 0 Å². The van der Waals surface area contributed by atoms with Crippen LogP contribution in [0.1, 0.15) is 6.42 Å². The highest BCUT2D eigenvalue weighted by Gasteiger charge is 2.25. The van der Waals surface area contributed by atoms with E-state index in [9.17, 15) is 13.2 Å². The number of nitrogens with one attached hydrogen (secondary N) is 1. The highest BCUT2D eigenvalue weighted by Crippen LogP contribution is 2.06. The van der Waals surface area contributed by atoms with Crippen LogP contribution in [0.15, 0.2) is 0 Å². The molecule has 1 aliphatic heterocycles. The first-order valence-electron chi connectivity index (χ1n) is 5.32. The van der Waals surface area contributed by atoms with E-state index < -0.39 is 10.0 Å². The van der Waals surface area contributed by atoms with E-state index in [2.05, 4.69) is 5.32 Å². The number of carbonyl (C=O) groups is 1. The van der Waals surface area contributed by atoms with Gasteiger partial charge in [0.05, 0.1) is 6.26 Å². The average molecular weight is 249 g/mol. The predicted octanol–water partition coefficient (Wildman–Crippen LogP) is -1.30. The van der Waals surface area contributed by atoms with Crippen molar-refractivity contribution < 1.29 is 13.2 Å². The van der Waals surface area contributed by atoms with Crippen LogP contribution in [0.2, 0.25) is 0 Å². The fraction of sp³-hybridized carbons (Fsp3) is 0.889. The number of amides is 1. The van der Waals surface area contributed by atoms with Crippen LogP contribution in [0.25, 0.3) is 0 Å². The topological polar surface area (TPSA) is 69.7 Å². The first-order valence-corrected chi connectivity index (χ1v) is 7.17. The summed E-state index contributed by atoms with van der Waals surface area (Å²) in [6.07, 6.45) is 1.67. The molecular formula is C9H19N3O3S. The number of carbonyl (C=O) groups excluding carboxylic acids is 1. The number of hydrogen-bond acceptors (Lipinski definition) is 4. The van der Waals surface area contributed by atoms with Gasteiger partial charge in [0, 0.05) is 39.1 Å². The summed E-state index contributed by atoms with van der Waals surface area (Å²) in [6.45, 7) is 2.46. The normalized spacial score (nSPS) is 18.8. The van der Waals surface area contributed by atoms with E-state index in [1.807, 2.05) is 0 Å². The highest BCUT2D eigenvalue weighted by molar-refractivity contribution is 7.88. The summed E-state index contributed by atoms with van der Waals surface area (Å²) in [4.78, 5) is 13.4. The molecule has 6 nitrogen and oxygen atoms in total. The quantitative estimate of drug-likeness (QED) is 0.672. The zero-order valence-electron chi connectivity index (χ0n) is 9.77. The smallest absolute Gasteiger partial charge is 0.223 e. The fourth-order valence-electron chi connectivity index (χ4n) is 1.66. The lowest BCUT2D eigenvalue weighted by Crippen LogP contribution is -2.50. The predicted molar refractivity (Wildman–Crippen MR) is 61.5 cm³/mol. The lowest BCUT2D eigenvalue weighted by molar-refractivity contribution is -0.132. The zero-order chi connectivity index (χ0) is 12.2. The van der Waals surface area contributed by atoms with Crippen molar-refractivity contribution in [2.75, 3.05) is 46.0 Å². The first-order chi connectivity index (χ1) is 7.45. The van der Waals surface area contributed by atoms with E-state index in [0.717, 1.165) is 0 Å². The van der Waals surface area contributed by atoms with Crippen LogP contribution in [0.3, 0.4) is 0 Å². The second kappa shape index (κ2) is 5.60. The van der Waals surface area contributed by atoms with Gasteiger partial charge in [-0.2, -0.15) is 4.31 Å². The van der Waals surface area contributed by atoms with Crippen molar-refractivity contribution in [3.05, 3.63) is 0 Å². The van der Waals surface area contributed by atoms with E-state index in [0.29, 0.717) is 39.1 Å². The van der Waals surface area contributed by atoms with Crippen LogP contribution in [-0.2, 0) is 14.8 Å². The van der Waals surface area contributed by atoms with Crippen LogP contribution in [-0.4, -0.2) is 69.6 Å². The lowest BCUT2D eigenvalue weighted by Gasteiger charge is -2.33. The van der Waals surface area contributed by atoms with Crippen LogP contribution >= 0.6 is 0 Å². The van der Waals surface area contributed by atoms with Crippen LogP contribution < -0.4 is 5.32 Å². The third-order valence-corrected chi connectivity index (χ3v) is 3.95. The summed E-state index contributed by atoms with van der Waals surface area (Å²) in [5, 5.41) is 2.92. The van der Waals surface area contributed by atoms with E-state index in [4.69, 9.17) is 0 Å². The Morgan fingerprint density at radius 1 is 1.25 bits per heavy atom. The third kappa shape index (κ3) is 3.73. The summed E-state index contributed by atoms with van der Waals surface area (Å²) in [5.41, 5.74) is 0. The molecule has 0 atom stereocenters. The first kappa shape index (κ1) is 13.4. The molecule has 1 aliphatic rings. The molecule has 1 N–H and O–H groups in total. The summed E-state index contributed by atoms with van der Waals surface area (Å²) in [7, 11) is -1.31. The second-order valence-corrected chi connectivity index (χ2v) is 5.88. The molecule has 94 valence electrons. The number of hydrogen-bond donors (Lipinski definition) is 1. The Morgan fingerprint density at radius 2 is 1.81 bits per heavy atom. The van der Waals surface area contributed by atoms with Gasteiger partial charge in [-0.25, -0.2) is 8.42 Å². The Bertz CT molecular complexity index is 334. The summed E-state index contributed by atoms with van der Waals surface area (Å²) in [6, 6.07) is 0. The summed E-state index contributed by atoms with van der Waals surface area (Å²) < 4.78 is 23.9. The van der Waals surface area contributed by atoms with E-state index in [-0.39, 0.29) is 5.91 Å². The molecule has 1 amide bonds. The Balaban J connectivity index is 2.40. The van der Waals surface area contributed by atoms with Crippen molar-refractivity contribution in [1.82, 2.24) is 14.5 Å². The van der Waals surface area contributed by atoms with Crippen LogP contribution in [0.4, 0.5) is 0 Å². The molecule has 16 heavy (non-hydrogen) atoms. The van der Waals surface area contributed by atoms with Crippen molar-refractivity contribution in [3.8, 4) is 0 Å². The minimum Gasteiger partial charge on any atom is -0.340 e. The zero-order valence-corrected chi connectivity index (χ0v) is 10.6. The van der Waals surface area contributed by atoms with Crippen molar-refractivity contribution in [2.45, 2.75) is 6.42 Å². The van der Waals surface area contributed by atoms with E-state index in [1.54, 1.807) is 11.9 Å². The molecule has 0 aliphatic carbocycles. The second-order valence-electron chi connectivity index (χ2n) is 3.90. The highest BCUT2D eigenvalue weighted by atomic mass is 32.2. The maximum Gasteiger partial charge on any atom is 0.223 e. The molecule has 0 aromatic carbocycles. The van der Waals surface area contributed by atoms with Gasteiger partial charge in [-0.1, -0.05) is 0 Å². The molecule has 1 rings (SSSR count). The molecule has 0 bridgehead atoms. The lowest BCUT2D eigenvalue weighted by atomic mass is 10.3. The number of nitrogens with zero attached hydrogens (tertiary/aromatic N) is 2. The van der Waals surface area contributed by atoms with Gasteiger partial charge in [0.2, 0.25) is 15.9 Å². The van der Waals surface area contributed by atoms with Crippen molar-refractivity contribution >= 4 is 15.9 Å². The number of rotatable bonds is 4. The largest absolute Gasteiger partial charge is 0.340 e. The van der Waals surface area contributed by atoms with Gasteiger partial charge in [-0.15, -0.1) is 0 Å².